The SMILES string of the molecule is CC1CN(C)CC(C(=O)O)CN1CCCN(C)C. The van der Waals surface area contributed by atoms with Crippen LogP contribution in [0.2, 0.25) is 0 Å². The van der Waals surface area contributed by atoms with Crippen LogP contribution < -0.4 is 0 Å². The third-order valence-electron chi connectivity index (χ3n) is 3.59. The Bertz CT molecular complexity index is 271. The molecule has 1 aliphatic rings. The first-order chi connectivity index (χ1) is 8.40. The van der Waals surface area contributed by atoms with E-state index in [1.807, 2.05) is 7.05 Å². The van der Waals surface area contributed by atoms with Crippen LogP contribution in [0.3, 0.4) is 0 Å². The molecular formula is C13H27N3O2. The second-order valence-electron chi connectivity index (χ2n) is 5.76. The average Bonchev–Trinajstić information content (AvgIpc) is 2.38. The molecule has 5 nitrogen and oxygen atoms in total. The van der Waals surface area contributed by atoms with Gasteiger partial charge in [0.05, 0.1) is 5.92 Å². The highest BCUT2D eigenvalue weighted by Crippen LogP contribution is 2.14. The number of rotatable bonds is 5. The normalized spacial score (nSPS) is 27.4. The Balaban J connectivity index is 2.54. The third kappa shape index (κ3) is 4.92. The van der Waals surface area contributed by atoms with Crippen molar-refractivity contribution in [2.45, 2.75) is 19.4 Å². The molecule has 2 unspecified atom stereocenters. The first-order valence-corrected chi connectivity index (χ1v) is 6.70. The summed E-state index contributed by atoms with van der Waals surface area (Å²) in [5.74, 6) is -0.937. The Kier molecular flexibility index (Phi) is 6.05. The second kappa shape index (κ2) is 7.07. The summed E-state index contributed by atoms with van der Waals surface area (Å²) in [6.45, 7) is 6.51. The van der Waals surface area contributed by atoms with Crippen molar-refractivity contribution in [2.24, 2.45) is 5.92 Å². The third-order valence-corrected chi connectivity index (χ3v) is 3.59. The lowest BCUT2D eigenvalue weighted by molar-refractivity contribution is -0.142. The van der Waals surface area contributed by atoms with Crippen LogP contribution in [0, 0.1) is 5.92 Å². The predicted octanol–water partition coefficient (Wildman–Crippen LogP) is 0.275. The minimum atomic E-state index is -0.673. The monoisotopic (exact) mass is 257 g/mol. The Hall–Kier alpha value is -0.650. The van der Waals surface area contributed by atoms with Gasteiger partial charge in [0.2, 0.25) is 0 Å². The highest BCUT2D eigenvalue weighted by Gasteiger charge is 2.29. The van der Waals surface area contributed by atoms with E-state index in [0.717, 1.165) is 26.1 Å². The number of carbonyl (C=O) groups is 1. The molecule has 0 saturated carbocycles. The topological polar surface area (TPSA) is 47.0 Å². The summed E-state index contributed by atoms with van der Waals surface area (Å²) in [7, 11) is 6.15. The largest absolute Gasteiger partial charge is 0.481 e. The lowest BCUT2D eigenvalue weighted by Gasteiger charge is -2.28. The average molecular weight is 257 g/mol. The maximum Gasteiger partial charge on any atom is 0.309 e. The molecule has 0 amide bonds. The van der Waals surface area contributed by atoms with Crippen LogP contribution in [0.1, 0.15) is 13.3 Å². The highest BCUT2D eigenvalue weighted by atomic mass is 16.4. The first-order valence-electron chi connectivity index (χ1n) is 6.70. The Labute approximate surface area is 110 Å². The molecule has 1 rings (SSSR count). The van der Waals surface area contributed by atoms with Crippen molar-refractivity contribution in [3.8, 4) is 0 Å². The van der Waals surface area contributed by atoms with Gasteiger partial charge in [0, 0.05) is 25.7 Å². The molecule has 1 saturated heterocycles. The highest BCUT2D eigenvalue weighted by molar-refractivity contribution is 5.70. The maximum atomic E-state index is 11.2. The Morgan fingerprint density at radius 1 is 1.33 bits per heavy atom. The van der Waals surface area contributed by atoms with Gasteiger partial charge in [0.15, 0.2) is 0 Å². The molecule has 5 heteroatoms. The van der Waals surface area contributed by atoms with Crippen LogP contribution in [0.5, 0.6) is 0 Å². The summed E-state index contributed by atoms with van der Waals surface area (Å²) in [4.78, 5) is 17.9. The van der Waals surface area contributed by atoms with E-state index in [1.165, 1.54) is 0 Å². The number of likely N-dealkylation sites (N-methyl/N-ethyl adjacent to an activating group) is 1. The van der Waals surface area contributed by atoms with Crippen LogP contribution in [0.25, 0.3) is 0 Å². The van der Waals surface area contributed by atoms with Crippen molar-refractivity contribution in [2.75, 3.05) is 53.9 Å². The van der Waals surface area contributed by atoms with Gasteiger partial charge in [0.25, 0.3) is 0 Å². The standard InChI is InChI=1S/C13H27N3O2/c1-11-8-15(4)9-12(13(17)18)10-16(11)7-5-6-14(2)3/h11-12H,5-10H2,1-4H3,(H,17,18). The predicted molar refractivity (Wildman–Crippen MR) is 72.8 cm³/mol. The molecule has 1 heterocycles. The lowest BCUT2D eigenvalue weighted by Crippen LogP contribution is -2.40. The molecule has 0 radical (unpaired) electrons. The minimum absolute atomic E-state index is 0.265. The molecule has 0 aromatic carbocycles. The number of carboxylic acid groups (broad SMARTS) is 1. The fourth-order valence-corrected chi connectivity index (χ4v) is 2.60. The summed E-state index contributed by atoms with van der Waals surface area (Å²) >= 11 is 0. The van der Waals surface area contributed by atoms with E-state index in [1.54, 1.807) is 0 Å². The number of hydrogen-bond donors (Lipinski definition) is 1. The molecule has 0 aromatic heterocycles. The van der Waals surface area contributed by atoms with Crippen LogP contribution in [0.15, 0.2) is 0 Å². The van der Waals surface area contributed by atoms with Crippen molar-refractivity contribution >= 4 is 5.97 Å². The second-order valence-corrected chi connectivity index (χ2v) is 5.76. The molecule has 0 spiro atoms. The number of carboxylic acids is 1. The molecule has 0 bridgehead atoms. The zero-order valence-corrected chi connectivity index (χ0v) is 12.1. The minimum Gasteiger partial charge on any atom is -0.481 e. The maximum absolute atomic E-state index is 11.2. The quantitative estimate of drug-likeness (QED) is 0.766. The van der Waals surface area contributed by atoms with Crippen molar-refractivity contribution in [1.82, 2.24) is 14.7 Å². The Morgan fingerprint density at radius 2 is 2.00 bits per heavy atom. The van der Waals surface area contributed by atoms with Gasteiger partial charge < -0.3 is 14.9 Å². The van der Waals surface area contributed by atoms with Gasteiger partial charge in [-0.15, -0.1) is 0 Å². The zero-order valence-electron chi connectivity index (χ0n) is 12.1. The number of hydrogen-bond acceptors (Lipinski definition) is 4. The number of aliphatic carboxylic acids is 1. The molecule has 1 fully saturated rings. The van der Waals surface area contributed by atoms with Crippen molar-refractivity contribution in [3.63, 3.8) is 0 Å². The molecule has 1 N–H and O–H groups in total. The van der Waals surface area contributed by atoms with E-state index in [2.05, 4.69) is 35.7 Å². The van der Waals surface area contributed by atoms with Crippen LogP contribution in [-0.2, 0) is 4.79 Å². The van der Waals surface area contributed by atoms with Crippen molar-refractivity contribution in [3.05, 3.63) is 0 Å². The van der Waals surface area contributed by atoms with Crippen molar-refractivity contribution in [1.29, 1.82) is 0 Å². The van der Waals surface area contributed by atoms with Crippen LogP contribution >= 0.6 is 0 Å². The molecule has 0 aromatic rings. The smallest absolute Gasteiger partial charge is 0.309 e. The fraction of sp³-hybridized carbons (Fsp3) is 0.923. The van der Waals surface area contributed by atoms with Gasteiger partial charge in [-0.25, -0.2) is 0 Å². The first kappa shape index (κ1) is 15.4. The van der Waals surface area contributed by atoms with Gasteiger partial charge in [-0.3, -0.25) is 9.69 Å². The summed E-state index contributed by atoms with van der Waals surface area (Å²) in [6, 6.07) is 0.432. The van der Waals surface area contributed by atoms with E-state index in [0.29, 0.717) is 19.1 Å². The van der Waals surface area contributed by atoms with Gasteiger partial charge in [0.1, 0.15) is 0 Å². The number of nitrogens with zero attached hydrogens (tertiary/aromatic N) is 3. The van der Waals surface area contributed by atoms with E-state index in [9.17, 15) is 9.90 Å². The molecule has 18 heavy (non-hydrogen) atoms. The van der Waals surface area contributed by atoms with Crippen molar-refractivity contribution < 1.29 is 9.90 Å². The van der Waals surface area contributed by atoms with E-state index in [4.69, 9.17) is 0 Å². The van der Waals surface area contributed by atoms with Gasteiger partial charge in [-0.1, -0.05) is 0 Å². The lowest BCUT2D eigenvalue weighted by atomic mass is 10.1. The molecule has 2 atom stereocenters. The zero-order chi connectivity index (χ0) is 13.7. The Morgan fingerprint density at radius 3 is 2.56 bits per heavy atom. The molecule has 0 aliphatic carbocycles. The van der Waals surface area contributed by atoms with Gasteiger partial charge in [-0.2, -0.15) is 0 Å². The summed E-state index contributed by atoms with van der Waals surface area (Å²) in [5, 5.41) is 9.24. The van der Waals surface area contributed by atoms with Gasteiger partial charge >= 0.3 is 5.97 Å². The fourth-order valence-electron chi connectivity index (χ4n) is 2.60. The van der Waals surface area contributed by atoms with E-state index >= 15 is 0 Å². The molecule has 106 valence electrons. The van der Waals surface area contributed by atoms with Gasteiger partial charge in [-0.05, 0) is 47.6 Å². The van der Waals surface area contributed by atoms with Crippen LogP contribution in [0.4, 0.5) is 0 Å². The summed E-state index contributed by atoms with van der Waals surface area (Å²) < 4.78 is 0. The molecular weight excluding hydrogens is 230 g/mol. The molecule has 1 aliphatic heterocycles. The summed E-state index contributed by atoms with van der Waals surface area (Å²) in [6.07, 6.45) is 1.09. The van der Waals surface area contributed by atoms with Crippen LogP contribution in [-0.4, -0.2) is 85.7 Å². The van der Waals surface area contributed by atoms with E-state index in [-0.39, 0.29) is 5.92 Å². The summed E-state index contributed by atoms with van der Waals surface area (Å²) in [5.41, 5.74) is 0. The van der Waals surface area contributed by atoms with E-state index < -0.39 is 5.97 Å².